The maximum atomic E-state index is 11.8. The zero-order chi connectivity index (χ0) is 13.2. The molecule has 2 heterocycles. The molecule has 2 aromatic heterocycles. The van der Waals surface area contributed by atoms with Crippen LogP contribution in [-0.2, 0) is 6.42 Å². The van der Waals surface area contributed by atoms with Crippen molar-refractivity contribution >= 4 is 10.8 Å². The molecule has 0 atom stereocenters. The number of aryl methyl sites for hydroxylation is 1. The Bertz CT molecular complexity index is 778. The lowest BCUT2D eigenvalue weighted by atomic mass is 10.0. The fraction of sp³-hybridized carbons (Fsp3) is 0.133. The van der Waals surface area contributed by atoms with Crippen LogP contribution in [0.2, 0.25) is 0 Å². The van der Waals surface area contributed by atoms with Gasteiger partial charge in [0.1, 0.15) is 0 Å². The van der Waals surface area contributed by atoms with Gasteiger partial charge in [-0.1, -0.05) is 18.2 Å². The van der Waals surface area contributed by atoms with Crippen LogP contribution in [0.25, 0.3) is 10.8 Å². The molecule has 0 aliphatic heterocycles. The molecule has 1 N–H and O–H groups in total. The Kier molecular flexibility index (Phi) is 2.83. The van der Waals surface area contributed by atoms with Gasteiger partial charge in [0, 0.05) is 24.2 Å². The third-order valence-corrected chi connectivity index (χ3v) is 3.19. The van der Waals surface area contributed by atoms with Gasteiger partial charge in [0.05, 0.1) is 11.1 Å². The highest BCUT2D eigenvalue weighted by atomic mass is 16.1. The van der Waals surface area contributed by atoms with E-state index in [4.69, 9.17) is 0 Å². The van der Waals surface area contributed by atoms with Crippen LogP contribution >= 0.6 is 0 Å². The predicted octanol–water partition coefficient (Wildman–Crippen LogP) is 2.22. The molecule has 4 nitrogen and oxygen atoms in total. The molecule has 0 aliphatic rings. The Morgan fingerprint density at radius 2 is 2.11 bits per heavy atom. The highest BCUT2D eigenvalue weighted by molar-refractivity contribution is 5.86. The van der Waals surface area contributed by atoms with Gasteiger partial charge >= 0.3 is 0 Å². The van der Waals surface area contributed by atoms with E-state index in [1.807, 2.05) is 43.5 Å². The molecule has 0 fully saturated rings. The lowest BCUT2D eigenvalue weighted by molar-refractivity contribution is 0.929. The van der Waals surface area contributed by atoms with Gasteiger partial charge in [0.2, 0.25) is 0 Å². The van der Waals surface area contributed by atoms with E-state index in [1.165, 1.54) is 0 Å². The smallest absolute Gasteiger partial charge is 0.267 e. The largest absolute Gasteiger partial charge is 0.272 e. The minimum atomic E-state index is -0.145. The molecule has 0 saturated carbocycles. The maximum absolute atomic E-state index is 11.8. The first-order chi connectivity index (χ1) is 9.25. The quantitative estimate of drug-likeness (QED) is 0.759. The third-order valence-electron chi connectivity index (χ3n) is 3.19. The summed E-state index contributed by atoms with van der Waals surface area (Å²) in [6, 6.07) is 9.62. The van der Waals surface area contributed by atoms with Crippen molar-refractivity contribution in [3.8, 4) is 0 Å². The van der Waals surface area contributed by atoms with E-state index < -0.39 is 0 Å². The van der Waals surface area contributed by atoms with Crippen molar-refractivity contribution in [1.82, 2.24) is 15.2 Å². The van der Waals surface area contributed by atoms with Gasteiger partial charge in [-0.05, 0) is 30.2 Å². The zero-order valence-corrected chi connectivity index (χ0v) is 10.6. The Morgan fingerprint density at radius 3 is 2.89 bits per heavy atom. The van der Waals surface area contributed by atoms with Crippen LogP contribution in [0.1, 0.15) is 16.8 Å². The summed E-state index contributed by atoms with van der Waals surface area (Å²) in [5.41, 5.74) is 2.87. The van der Waals surface area contributed by atoms with Crippen LogP contribution in [-0.4, -0.2) is 15.2 Å². The summed E-state index contributed by atoms with van der Waals surface area (Å²) in [4.78, 5) is 15.9. The summed E-state index contributed by atoms with van der Waals surface area (Å²) in [5, 5.41) is 8.39. The monoisotopic (exact) mass is 251 g/mol. The number of aromatic amines is 1. The number of nitrogens with one attached hydrogen (secondary N) is 1. The molecule has 1 aromatic carbocycles. The van der Waals surface area contributed by atoms with Gasteiger partial charge in [-0.3, -0.25) is 9.78 Å². The summed E-state index contributed by atoms with van der Waals surface area (Å²) in [7, 11) is 0. The first-order valence-electron chi connectivity index (χ1n) is 6.11. The van der Waals surface area contributed by atoms with Crippen LogP contribution in [0.5, 0.6) is 0 Å². The Balaban J connectivity index is 2.20. The molecule has 0 radical (unpaired) electrons. The van der Waals surface area contributed by atoms with Gasteiger partial charge in [-0.25, -0.2) is 5.10 Å². The first-order valence-corrected chi connectivity index (χ1v) is 6.11. The number of aromatic nitrogens is 3. The molecule has 3 rings (SSSR count). The molecule has 0 amide bonds. The molecule has 0 spiro atoms. The van der Waals surface area contributed by atoms with Crippen molar-refractivity contribution in [1.29, 1.82) is 0 Å². The number of fused-ring (bicyclic) bond motifs is 1. The number of H-pyrrole nitrogens is 1. The Hall–Kier alpha value is -2.49. The highest BCUT2D eigenvalue weighted by Gasteiger charge is 2.09. The van der Waals surface area contributed by atoms with Gasteiger partial charge in [0.15, 0.2) is 0 Å². The van der Waals surface area contributed by atoms with E-state index in [0.29, 0.717) is 11.8 Å². The summed E-state index contributed by atoms with van der Waals surface area (Å²) in [6.45, 7) is 2.00. The summed E-state index contributed by atoms with van der Waals surface area (Å²) in [6.07, 6.45) is 4.22. The molecule has 0 unspecified atom stereocenters. The Labute approximate surface area is 110 Å². The van der Waals surface area contributed by atoms with Crippen molar-refractivity contribution in [2.75, 3.05) is 0 Å². The minimum absolute atomic E-state index is 0.145. The minimum Gasteiger partial charge on any atom is -0.267 e. The number of hydrogen-bond acceptors (Lipinski definition) is 3. The average molecular weight is 251 g/mol. The summed E-state index contributed by atoms with van der Waals surface area (Å²) < 4.78 is 0. The van der Waals surface area contributed by atoms with Gasteiger partial charge in [-0.2, -0.15) is 5.10 Å². The third kappa shape index (κ3) is 2.12. The lowest BCUT2D eigenvalue weighted by Gasteiger charge is -2.07. The van der Waals surface area contributed by atoms with Gasteiger partial charge in [0.25, 0.3) is 5.56 Å². The van der Waals surface area contributed by atoms with Crippen LogP contribution in [0.15, 0.2) is 47.5 Å². The maximum Gasteiger partial charge on any atom is 0.272 e. The van der Waals surface area contributed by atoms with Crippen LogP contribution in [0, 0.1) is 6.92 Å². The fourth-order valence-corrected chi connectivity index (χ4v) is 2.30. The van der Waals surface area contributed by atoms with E-state index in [2.05, 4.69) is 15.2 Å². The molecule has 3 aromatic rings. The van der Waals surface area contributed by atoms with Crippen LogP contribution in [0.4, 0.5) is 0 Å². The van der Waals surface area contributed by atoms with Crippen molar-refractivity contribution in [2.24, 2.45) is 0 Å². The van der Waals surface area contributed by atoms with Gasteiger partial charge < -0.3 is 0 Å². The molecule has 0 saturated heterocycles. The zero-order valence-electron chi connectivity index (χ0n) is 10.6. The molecule has 0 bridgehead atoms. The summed E-state index contributed by atoms with van der Waals surface area (Å²) in [5.74, 6) is 0. The number of hydrogen-bond donors (Lipinski definition) is 1. The van der Waals surface area contributed by atoms with Crippen molar-refractivity contribution < 1.29 is 0 Å². The van der Waals surface area contributed by atoms with E-state index >= 15 is 0 Å². The van der Waals surface area contributed by atoms with Crippen LogP contribution in [0.3, 0.4) is 0 Å². The SMILES string of the molecule is Cc1cccc2c(=O)[nH]nc(Cc3cccnc3)c12. The predicted molar refractivity (Wildman–Crippen MR) is 74.1 cm³/mol. The summed E-state index contributed by atoms with van der Waals surface area (Å²) >= 11 is 0. The van der Waals surface area contributed by atoms with E-state index in [-0.39, 0.29) is 5.56 Å². The fourth-order valence-electron chi connectivity index (χ4n) is 2.30. The first kappa shape index (κ1) is 11.6. The van der Waals surface area contributed by atoms with Crippen molar-refractivity contribution in [3.63, 3.8) is 0 Å². The lowest BCUT2D eigenvalue weighted by Crippen LogP contribution is -2.12. The van der Waals surface area contributed by atoms with E-state index in [0.717, 1.165) is 22.2 Å². The highest BCUT2D eigenvalue weighted by Crippen LogP contribution is 2.19. The second-order valence-corrected chi connectivity index (χ2v) is 4.53. The average Bonchev–Trinajstić information content (AvgIpc) is 2.43. The molecule has 0 aliphatic carbocycles. The van der Waals surface area contributed by atoms with Crippen LogP contribution < -0.4 is 5.56 Å². The number of nitrogens with zero attached hydrogens (tertiary/aromatic N) is 2. The van der Waals surface area contributed by atoms with Gasteiger partial charge in [-0.15, -0.1) is 0 Å². The molecule has 19 heavy (non-hydrogen) atoms. The van der Waals surface area contributed by atoms with E-state index in [1.54, 1.807) is 6.20 Å². The normalized spacial score (nSPS) is 10.8. The van der Waals surface area contributed by atoms with Crippen molar-refractivity contribution in [3.05, 3.63) is 69.9 Å². The standard InChI is InChI=1S/C15H13N3O/c1-10-4-2-6-12-14(10)13(17-18-15(12)19)8-11-5-3-7-16-9-11/h2-7,9H,8H2,1H3,(H,18,19). The second kappa shape index (κ2) is 4.65. The Morgan fingerprint density at radius 1 is 1.21 bits per heavy atom. The topological polar surface area (TPSA) is 58.6 Å². The van der Waals surface area contributed by atoms with Crippen molar-refractivity contribution in [2.45, 2.75) is 13.3 Å². The molecule has 4 heteroatoms. The molecular weight excluding hydrogens is 238 g/mol. The molecular formula is C15H13N3O. The van der Waals surface area contributed by atoms with E-state index in [9.17, 15) is 4.79 Å². The number of pyridine rings is 1. The second-order valence-electron chi connectivity index (χ2n) is 4.53. The number of benzene rings is 1. The number of rotatable bonds is 2. The molecule has 94 valence electrons.